The molecule has 6 nitrogen and oxygen atoms in total. The van der Waals surface area contributed by atoms with Crippen molar-refractivity contribution in [3.8, 4) is 0 Å². The molecule has 140 valence electrons. The van der Waals surface area contributed by atoms with Crippen LogP contribution in [0.3, 0.4) is 0 Å². The Labute approximate surface area is 170 Å². The van der Waals surface area contributed by atoms with Gasteiger partial charge in [0.05, 0.1) is 16.4 Å². The second-order valence-electron chi connectivity index (χ2n) is 6.36. The molecule has 8 heteroatoms. The van der Waals surface area contributed by atoms with Crippen LogP contribution < -0.4 is 0 Å². The molecular weight excluding hydrogens is 394 g/mol. The highest BCUT2D eigenvalue weighted by Crippen LogP contribution is 2.34. The van der Waals surface area contributed by atoms with Gasteiger partial charge in [0.1, 0.15) is 4.32 Å². The van der Waals surface area contributed by atoms with E-state index in [2.05, 4.69) is 0 Å². The Morgan fingerprint density at radius 1 is 1.18 bits per heavy atom. The number of fused-ring (bicyclic) bond motifs is 1. The van der Waals surface area contributed by atoms with Crippen molar-refractivity contribution in [2.24, 2.45) is 0 Å². The summed E-state index contributed by atoms with van der Waals surface area (Å²) in [6.07, 6.45) is 3.75. The van der Waals surface area contributed by atoms with Gasteiger partial charge in [-0.1, -0.05) is 60.4 Å². The molecule has 4 rings (SSSR count). The fraction of sp³-hybridized carbons (Fsp3) is 0.100. The maximum Gasteiger partial charge on any atom is 0.274 e. The lowest BCUT2D eigenvalue weighted by molar-refractivity contribution is -0.385. The van der Waals surface area contributed by atoms with Crippen LogP contribution in [0, 0.1) is 10.1 Å². The first kappa shape index (κ1) is 18.4. The number of carbonyl (C=O) groups excluding carboxylic acids is 1. The number of thiocarbonyl (C=S) groups is 1. The van der Waals surface area contributed by atoms with Gasteiger partial charge in [-0.2, -0.15) is 0 Å². The summed E-state index contributed by atoms with van der Waals surface area (Å²) >= 11 is 6.47. The summed E-state index contributed by atoms with van der Waals surface area (Å²) in [4.78, 5) is 25.3. The summed E-state index contributed by atoms with van der Waals surface area (Å²) in [6.45, 7) is 0.361. The summed E-state index contributed by atoms with van der Waals surface area (Å²) < 4.78 is 2.50. The van der Waals surface area contributed by atoms with Gasteiger partial charge in [-0.3, -0.25) is 19.8 Å². The van der Waals surface area contributed by atoms with Crippen LogP contribution in [0.5, 0.6) is 0 Å². The van der Waals surface area contributed by atoms with E-state index >= 15 is 0 Å². The number of para-hydroxylation sites is 2. The zero-order chi connectivity index (χ0) is 19.8. The zero-order valence-corrected chi connectivity index (χ0v) is 16.5. The summed E-state index contributed by atoms with van der Waals surface area (Å²) in [5, 5.41) is 12.3. The molecule has 2 heterocycles. The number of nitro benzene ring substituents is 1. The fourth-order valence-electron chi connectivity index (χ4n) is 3.21. The Hall–Kier alpha value is -2.97. The first-order valence-corrected chi connectivity index (χ1v) is 9.70. The third-order valence-electron chi connectivity index (χ3n) is 4.62. The van der Waals surface area contributed by atoms with E-state index in [1.54, 1.807) is 25.2 Å². The van der Waals surface area contributed by atoms with Crippen LogP contribution in [0.25, 0.3) is 17.0 Å². The van der Waals surface area contributed by atoms with Crippen LogP contribution in [0.2, 0.25) is 0 Å². The standard InChI is InChI=1S/C20H15N3O3S2/c1-21-19(24)18(28-20(21)27)10-14-12-22(17-9-5-3-7-15(14)17)11-13-6-2-4-8-16(13)23(25)26/h2-10,12H,11H2,1H3. The number of nitro groups is 1. The number of amides is 1. The quantitative estimate of drug-likeness (QED) is 0.276. The van der Waals surface area contributed by atoms with E-state index in [0.29, 0.717) is 21.3 Å². The van der Waals surface area contributed by atoms with Crippen LogP contribution >= 0.6 is 24.0 Å². The van der Waals surface area contributed by atoms with E-state index < -0.39 is 0 Å². The lowest BCUT2D eigenvalue weighted by atomic mass is 10.1. The molecule has 0 spiro atoms. The van der Waals surface area contributed by atoms with Crippen LogP contribution in [-0.2, 0) is 11.3 Å². The number of likely N-dealkylation sites (N-methyl/N-ethyl adjacent to an activating group) is 1. The highest BCUT2D eigenvalue weighted by Gasteiger charge is 2.29. The largest absolute Gasteiger partial charge is 0.342 e. The molecule has 0 N–H and O–H groups in total. The molecule has 1 aliphatic rings. The van der Waals surface area contributed by atoms with Gasteiger partial charge in [0.15, 0.2) is 0 Å². The van der Waals surface area contributed by atoms with Crippen molar-refractivity contribution in [3.63, 3.8) is 0 Å². The summed E-state index contributed by atoms with van der Waals surface area (Å²) in [7, 11) is 1.66. The molecule has 1 aliphatic heterocycles. The molecule has 0 unspecified atom stereocenters. The second kappa shape index (κ2) is 7.21. The number of aromatic nitrogens is 1. The summed E-state index contributed by atoms with van der Waals surface area (Å²) in [5.41, 5.74) is 2.54. The summed E-state index contributed by atoms with van der Waals surface area (Å²) in [6, 6.07) is 14.5. The molecule has 1 saturated heterocycles. The molecule has 0 radical (unpaired) electrons. The Morgan fingerprint density at radius 2 is 1.89 bits per heavy atom. The number of hydrogen-bond acceptors (Lipinski definition) is 5. The van der Waals surface area contributed by atoms with Crippen molar-refractivity contribution in [2.75, 3.05) is 7.05 Å². The summed E-state index contributed by atoms with van der Waals surface area (Å²) in [5.74, 6) is -0.120. The Balaban J connectivity index is 1.79. The topological polar surface area (TPSA) is 68.4 Å². The lowest BCUT2D eigenvalue weighted by Crippen LogP contribution is -2.22. The Bertz CT molecular complexity index is 1170. The van der Waals surface area contributed by atoms with Crippen LogP contribution in [0.15, 0.2) is 59.6 Å². The van der Waals surface area contributed by atoms with E-state index in [4.69, 9.17) is 12.2 Å². The Morgan fingerprint density at radius 3 is 2.61 bits per heavy atom. The molecule has 0 saturated carbocycles. The highest BCUT2D eigenvalue weighted by molar-refractivity contribution is 8.26. The van der Waals surface area contributed by atoms with Gasteiger partial charge in [-0.25, -0.2) is 0 Å². The van der Waals surface area contributed by atoms with Gasteiger partial charge in [-0.15, -0.1) is 0 Å². The molecule has 2 aromatic carbocycles. The second-order valence-corrected chi connectivity index (χ2v) is 8.03. The molecule has 1 amide bonds. The van der Waals surface area contributed by atoms with E-state index in [-0.39, 0.29) is 16.5 Å². The van der Waals surface area contributed by atoms with Crippen molar-refractivity contribution in [3.05, 3.63) is 80.9 Å². The van der Waals surface area contributed by atoms with Crippen molar-refractivity contribution in [2.45, 2.75) is 6.54 Å². The molecular formula is C20H15N3O3S2. The lowest BCUT2D eigenvalue weighted by Gasteiger charge is -2.06. The molecule has 1 fully saturated rings. The number of benzene rings is 2. The number of thioether (sulfide) groups is 1. The Kier molecular flexibility index (Phi) is 4.74. The van der Waals surface area contributed by atoms with Crippen molar-refractivity contribution in [1.82, 2.24) is 9.47 Å². The molecule has 0 atom stereocenters. The maximum atomic E-state index is 12.3. The fourth-order valence-corrected chi connectivity index (χ4v) is 4.38. The minimum atomic E-state index is -0.367. The van der Waals surface area contributed by atoms with Crippen molar-refractivity contribution in [1.29, 1.82) is 0 Å². The number of rotatable bonds is 4. The first-order chi connectivity index (χ1) is 13.5. The maximum absolute atomic E-state index is 12.3. The first-order valence-electron chi connectivity index (χ1n) is 8.47. The van der Waals surface area contributed by atoms with Gasteiger partial charge in [-0.05, 0) is 12.1 Å². The van der Waals surface area contributed by atoms with Gasteiger partial charge < -0.3 is 4.57 Å². The number of carbonyl (C=O) groups is 1. The third-order valence-corrected chi connectivity index (χ3v) is 6.11. The third kappa shape index (κ3) is 3.21. The SMILES string of the molecule is CN1C(=O)C(=Cc2cn(Cc3ccccc3[N+](=O)[O-])c3ccccc23)SC1=S. The smallest absolute Gasteiger partial charge is 0.274 e. The molecule has 0 aliphatic carbocycles. The average molecular weight is 409 g/mol. The van der Waals surface area contributed by atoms with Crippen LogP contribution in [0.1, 0.15) is 11.1 Å². The van der Waals surface area contributed by atoms with Crippen molar-refractivity contribution >= 4 is 56.9 Å². The monoisotopic (exact) mass is 409 g/mol. The van der Waals surface area contributed by atoms with E-state index in [1.165, 1.54) is 22.7 Å². The molecule has 0 bridgehead atoms. The van der Waals surface area contributed by atoms with Gasteiger partial charge in [0.2, 0.25) is 0 Å². The van der Waals surface area contributed by atoms with Crippen LogP contribution in [-0.4, -0.2) is 31.7 Å². The molecule has 1 aromatic heterocycles. The zero-order valence-electron chi connectivity index (χ0n) is 14.9. The van der Waals surface area contributed by atoms with Gasteiger partial charge in [0.25, 0.3) is 11.6 Å². The molecule has 28 heavy (non-hydrogen) atoms. The predicted octanol–water partition coefficient (Wildman–Crippen LogP) is 4.43. The minimum Gasteiger partial charge on any atom is -0.342 e. The number of nitrogens with zero attached hydrogens (tertiary/aromatic N) is 3. The number of hydrogen-bond donors (Lipinski definition) is 0. The van der Waals surface area contributed by atoms with Gasteiger partial charge in [0, 0.05) is 41.3 Å². The molecule has 3 aromatic rings. The van der Waals surface area contributed by atoms with E-state index in [0.717, 1.165) is 16.5 Å². The van der Waals surface area contributed by atoms with Gasteiger partial charge >= 0.3 is 0 Å². The predicted molar refractivity (Wildman–Crippen MR) is 115 cm³/mol. The normalized spacial score (nSPS) is 15.8. The van der Waals surface area contributed by atoms with E-state index in [9.17, 15) is 14.9 Å². The van der Waals surface area contributed by atoms with Crippen molar-refractivity contribution < 1.29 is 9.72 Å². The minimum absolute atomic E-state index is 0.0914. The average Bonchev–Trinajstić information content (AvgIpc) is 3.15. The van der Waals surface area contributed by atoms with E-state index in [1.807, 2.05) is 41.1 Å². The highest BCUT2D eigenvalue weighted by atomic mass is 32.2. The van der Waals surface area contributed by atoms with Crippen LogP contribution in [0.4, 0.5) is 5.69 Å².